The summed E-state index contributed by atoms with van der Waals surface area (Å²) in [6.07, 6.45) is 0. The van der Waals surface area contributed by atoms with Gasteiger partial charge < -0.3 is 4.90 Å². The van der Waals surface area contributed by atoms with E-state index in [2.05, 4.69) is 199 Å². The largest absolute Gasteiger partial charge is 0.310 e. The molecule has 12 rings (SSSR count). The van der Waals surface area contributed by atoms with Crippen molar-refractivity contribution in [3.05, 3.63) is 196 Å². The normalized spacial score (nSPS) is 18.6. The molecule has 7 aromatic rings. The Morgan fingerprint density at radius 3 is 1.59 bits per heavy atom. The third-order valence-electron chi connectivity index (χ3n) is 13.6. The van der Waals surface area contributed by atoms with Gasteiger partial charge in [-0.2, -0.15) is 0 Å². The van der Waals surface area contributed by atoms with E-state index in [4.69, 9.17) is 0 Å². The van der Waals surface area contributed by atoms with Crippen molar-refractivity contribution in [1.29, 1.82) is 0 Å². The van der Waals surface area contributed by atoms with Crippen LogP contribution in [0.25, 0.3) is 33.4 Å². The minimum Gasteiger partial charge on any atom is -0.310 e. The molecule has 54 heavy (non-hydrogen) atoms. The minimum atomic E-state index is -0.410. The van der Waals surface area contributed by atoms with Crippen molar-refractivity contribution < 1.29 is 0 Å². The lowest BCUT2D eigenvalue weighted by atomic mass is 9.70. The van der Waals surface area contributed by atoms with Crippen LogP contribution in [0, 0.1) is 0 Å². The molecule has 2 aliphatic heterocycles. The molecule has 1 unspecified atom stereocenters. The van der Waals surface area contributed by atoms with E-state index >= 15 is 0 Å². The van der Waals surface area contributed by atoms with E-state index in [-0.39, 0.29) is 16.2 Å². The molecule has 1 spiro atoms. The van der Waals surface area contributed by atoms with Crippen molar-refractivity contribution in [2.75, 3.05) is 4.90 Å². The van der Waals surface area contributed by atoms with Gasteiger partial charge in [-0.15, -0.1) is 0 Å². The summed E-state index contributed by atoms with van der Waals surface area (Å²) in [6, 6.07) is 56.7. The Kier molecular flexibility index (Phi) is 6.07. The molecular formula is C53H45N. The molecule has 3 aliphatic carbocycles. The molecule has 2 heterocycles. The van der Waals surface area contributed by atoms with Crippen LogP contribution in [-0.4, -0.2) is 0 Å². The summed E-state index contributed by atoms with van der Waals surface area (Å²) in [5.41, 5.74) is 23.1. The maximum Gasteiger partial charge on any atom is 0.0726 e. The van der Waals surface area contributed by atoms with Crippen LogP contribution >= 0.6 is 0 Å². The number of benzene rings is 7. The van der Waals surface area contributed by atoms with Crippen LogP contribution in [0.3, 0.4) is 0 Å². The molecule has 0 saturated heterocycles. The number of anilines is 3. The van der Waals surface area contributed by atoms with Gasteiger partial charge in [0.15, 0.2) is 0 Å². The predicted octanol–water partition coefficient (Wildman–Crippen LogP) is 13.7. The molecule has 0 amide bonds. The van der Waals surface area contributed by atoms with Crippen LogP contribution < -0.4 is 4.90 Å². The van der Waals surface area contributed by atoms with Crippen LogP contribution in [0.2, 0.25) is 0 Å². The average Bonchev–Trinajstić information content (AvgIpc) is 3.72. The Hall–Kier alpha value is -5.66. The van der Waals surface area contributed by atoms with Crippen molar-refractivity contribution >= 4 is 17.1 Å². The van der Waals surface area contributed by atoms with Crippen molar-refractivity contribution in [3.8, 4) is 33.4 Å². The smallest absolute Gasteiger partial charge is 0.0726 e. The second-order valence-electron chi connectivity index (χ2n) is 18.2. The van der Waals surface area contributed by atoms with Crippen molar-refractivity contribution in [2.24, 2.45) is 0 Å². The van der Waals surface area contributed by atoms with Crippen LogP contribution in [0.1, 0.15) is 98.5 Å². The summed E-state index contributed by atoms with van der Waals surface area (Å²) in [5.74, 6) is 0. The second kappa shape index (κ2) is 10.3. The molecule has 7 aromatic carbocycles. The summed E-state index contributed by atoms with van der Waals surface area (Å²) in [5, 5.41) is 0. The monoisotopic (exact) mass is 695 g/mol. The van der Waals surface area contributed by atoms with Crippen LogP contribution in [0.4, 0.5) is 17.1 Å². The average molecular weight is 696 g/mol. The predicted molar refractivity (Wildman–Crippen MR) is 226 cm³/mol. The fourth-order valence-electron chi connectivity index (χ4n) is 10.7. The molecule has 1 atom stereocenters. The molecule has 5 aliphatic rings. The van der Waals surface area contributed by atoms with Gasteiger partial charge in [-0.3, -0.25) is 0 Å². The van der Waals surface area contributed by atoms with Gasteiger partial charge in [0.2, 0.25) is 0 Å². The van der Waals surface area contributed by atoms with Gasteiger partial charge in [-0.05, 0) is 131 Å². The molecule has 0 saturated carbocycles. The lowest BCUT2D eigenvalue weighted by Gasteiger charge is -2.33. The van der Waals surface area contributed by atoms with Gasteiger partial charge in [-0.1, -0.05) is 152 Å². The van der Waals surface area contributed by atoms with E-state index in [0.717, 1.165) is 0 Å². The quantitative estimate of drug-likeness (QED) is 0.165. The van der Waals surface area contributed by atoms with Gasteiger partial charge in [0.05, 0.1) is 5.41 Å². The van der Waals surface area contributed by atoms with Gasteiger partial charge in [0.25, 0.3) is 0 Å². The number of nitrogens with zero attached hydrogens (tertiary/aromatic N) is 1. The summed E-state index contributed by atoms with van der Waals surface area (Å²) >= 11 is 0. The highest BCUT2D eigenvalue weighted by Crippen LogP contribution is 2.64. The van der Waals surface area contributed by atoms with Crippen LogP contribution in [0.5, 0.6) is 0 Å². The maximum atomic E-state index is 2.55. The molecule has 0 N–H and O–H groups in total. The second-order valence-corrected chi connectivity index (χ2v) is 18.2. The molecule has 0 fully saturated rings. The Balaban J connectivity index is 1.28. The fraction of sp³-hybridized carbons (Fsp3) is 0.208. The molecular weight excluding hydrogens is 651 g/mol. The molecule has 1 nitrogen and oxygen atoms in total. The topological polar surface area (TPSA) is 3.24 Å². The first-order chi connectivity index (χ1) is 25.9. The molecule has 1 heteroatoms. The molecule has 0 radical (unpaired) electrons. The van der Waals surface area contributed by atoms with Gasteiger partial charge in [0.1, 0.15) is 0 Å². The van der Waals surface area contributed by atoms with E-state index in [1.165, 1.54) is 101 Å². The number of fused-ring (bicyclic) bond motifs is 7. The van der Waals surface area contributed by atoms with Gasteiger partial charge in [0, 0.05) is 27.9 Å². The molecule has 0 aromatic heterocycles. The number of rotatable bonds is 1. The zero-order valence-electron chi connectivity index (χ0n) is 32.3. The van der Waals surface area contributed by atoms with Crippen molar-refractivity contribution in [2.45, 2.75) is 70.1 Å². The number of hydrogen-bond acceptors (Lipinski definition) is 1. The first-order valence-electron chi connectivity index (χ1n) is 19.6. The number of hydrogen-bond donors (Lipinski definition) is 0. The minimum absolute atomic E-state index is 0.0461. The van der Waals surface area contributed by atoms with E-state index in [1.54, 1.807) is 0 Å². The lowest BCUT2D eigenvalue weighted by Crippen LogP contribution is -2.26. The third kappa shape index (κ3) is 3.90. The summed E-state index contributed by atoms with van der Waals surface area (Å²) in [4.78, 5) is 2.55. The summed E-state index contributed by atoms with van der Waals surface area (Å²) in [6.45, 7) is 16.6. The molecule has 8 bridgehead atoms. The molecule has 262 valence electrons. The Morgan fingerprint density at radius 1 is 0.370 bits per heavy atom. The lowest BCUT2D eigenvalue weighted by molar-refractivity contribution is 0.582. The van der Waals surface area contributed by atoms with Gasteiger partial charge >= 0.3 is 0 Å². The van der Waals surface area contributed by atoms with Crippen molar-refractivity contribution in [3.63, 3.8) is 0 Å². The maximum absolute atomic E-state index is 2.55. The first kappa shape index (κ1) is 31.8. The SMILES string of the molecule is CC(C)(C)c1cc2cc(c1)C(C)(C)c1ccc3c(c1)-c1ccccc1C31c3ccccc3-c3ccc(cc31)N2c1ccc2c(c1)-c1ccccc1C2(C)C. The highest BCUT2D eigenvalue weighted by atomic mass is 15.1. The van der Waals surface area contributed by atoms with Gasteiger partial charge in [-0.25, -0.2) is 0 Å². The first-order valence-corrected chi connectivity index (χ1v) is 19.6. The Morgan fingerprint density at radius 2 is 0.889 bits per heavy atom. The Labute approximate surface area is 320 Å². The van der Waals surface area contributed by atoms with E-state index in [1.807, 2.05) is 0 Å². The van der Waals surface area contributed by atoms with E-state index in [0.29, 0.717) is 0 Å². The summed E-state index contributed by atoms with van der Waals surface area (Å²) < 4.78 is 0. The highest BCUT2D eigenvalue weighted by Gasteiger charge is 2.52. The van der Waals surface area contributed by atoms with E-state index < -0.39 is 5.41 Å². The van der Waals surface area contributed by atoms with Crippen molar-refractivity contribution in [1.82, 2.24) is 0 Å². The fourth-order valence-corrected chi connectivity index (χ4v) is 10.7. The van der Waals surface area contributed by atoms with E-state index in [9.17, 15) is 0 Å². The van der Waals surface area contributed by atoms with Crippen LogP contribution in [-0.2, 0) is 21.7 Å². The zero-order chi connectivity index (χ0) is 36.9. The Bertz CT molecular complexity index is 2770. The van der Waals surface area contributed by atoms with Crippen LogP contribution in [0.15, 0.2) is 146 Å². The zero-order valence-corrected chi connectivity index (χ0v) is 32.3. The highest BCUT2D eigenvalue weighted by molar-refractivity contribution is 5.97. The summed E-state index contributed by atoms with van der Waals surface area (Å²) in [7, 11) is 0. The standard InChI is InChI=1S/C53H45N/c1-50(2,3)33-26-34-28-37(27-33)54(35-22-25-45-43(30-35)39-15-8-11-17-44(39)52(45,6)7)36-21-23-41-38-14-9-12-18-46(38)53(49(41)31-36)47-19-13-10-16-40(47)42-29-32(51(34,4)5)20-24-48(42)53/h8-31H,1-7H3. The third-order valence-corrected chi connectivity index (χ3v) is 13.6.